The molecule has 5 atom stereocenters. The predicted molar refractivity (Wildman–Crippen MR) is 98.5 cm³/mol. The van der Waals surface area contributed by atoms with Gasteiger partial charge in [-0.1, -0.05) is 26.0 Å². The largest absolute Gasteiger partial charge is 0.481 e. The van der Waals surface area contributed by atoms with Crippen molar-refractivity contribution in [1.29, 1.82) is 5.26 Å². The van der Waals surface area contributed by atoms with Crippen LogP contribution in [0, 0.1) is 38.2 Å². The Morgan fingerprint density at radius 3 is 2.36 bits per heavy atom. The highest BCUT2D eigenvalue weighted by Crippen LogP contribution is 2.58. The van der Waals surface area contributed by atoms with E-state index < -0.39 is 51.6 Å². The fraction of sp³-hybridized carbons (Fsp3) is 0.526. The van der Waals surface area contributed by atoms with Crippen LogP contribution >= 0.6 is 0 Å². The summed E-state index contributed by atoms with van der Waals surface area (Å²) in [4.78, 5) is 35.6. The Bertz CT molecular complexity index is 863. The predicted octanol–water partition coefficient (Wildman–Crippen LogP) is 2.38. The van der Waals surface area contributed by atoms with Crippen LogP contribution in [-0.4, -0.2) is 39.2 Å². The van der Waals surface area contributed by atoms with Gasteiger partial charge < -0.3 is 10.2 Å². The Balaban J connectivity index is 2.95. The summed E-state index contributed by atoms with van der Waals surface area (Å²) in [5, 5.41) is 44.1. The zero-order valence-corrected chi connectivity index (χ0v) is 16.0. The Morgan fingerprint density at radius 1 is 1.32 bits per heavy atom. The highest BCUT2D eigenvalue weighted by atomic mass is 16.6. The number of hydrogen-bond donors (Lipinski definition) is 3. The van der Waals surface area contributed by atoms with Gasteiger partial charge in [0.1, 0.15) is 11.5 Å². The molecule has 0 saturated carbocycles. The fourth-order valence-electron chi connectivity index (χ4n) is 4.72. The van der Waals surface area contributed by atoms with E-state index in [0.717, 1.165) is 0 Å². The zero-order valence-electron chi connectivity index (χ0n) is 16.0. The van der Waals surface area contributed by atoms with Gasteiger partial charge in [0, 0.05) is 24.1 Å². The third-order valence-corrected chi connectivity index (χ3v) is 6.14. The fourth-order valence-corrected chi connectivity index (χ4v) is 4.72. The summed E-state index contributed by atoms with van der Waals surface area (Å²) in [5.41, 5.74) is -3.51. The first-order valence-corrected chi connectivity index (χ1v) is 8.82. The number of non-ortho nitro benzene ring substituents is 1. The summed E-state index contributed by atoms with van der Waals surface area (Å²) in [7, 11) is 0. The number of nitriles is 1. The molecule has 0 radical (unpaired) electrons. The van der Waals surface area contributed by atoms with Crippen molar-refractivity contribution in [3.05, 3.63) is 39.9 Å². The summed E-state index contributed by atoms with van der Waals surface area (Å²) < 4.78 is 0. The molecule has 0 amide bonds. The van der Waals surface area contributed by atoms with Crippen LogP contribution in [0.2, 0.25) is 0 Å². The number of nitro groups is 1. The number of nitro benzene ring substituents is 1. The normalized spacial score (nSPS) is 32.5. The number of carbonyl (C=O) groups is 2. The van der Waals surface area contributed by atoms with Crippen LogP contribution in [0.25, 0.3) is 0 Å². The minimum atomic E-state index is -1.83. The molecule has 2 rings (SSSR count). The lowest BCUT2D eigenvalue weighted by atomic mass is 9.49. The van der Waals surface area contributed by atoms with E-state index in [1.165, 1.54) is 31.2 Å². The van der Waals surface area contributed by atoms with Crippen molar-refractivity contribution < 1.29 is 24.7 Å². The maximum atomic E-state index is 12.6. The lowest BCUT2D eigenvalue weighted by Gasteiger charge is -2.56. The van der Waals surface area contributed by atoms with Gasteiger partial charge in [-0.2, -0.15) is 5.26 Å². The van der Waals surface area contributed by atoms with Crippen LogP contribution in [-0.2, 0) is 9.59 Å². The smallest absolute Gasteiger partial charge is 0.312 e. The second-order valence-electron chi connectivity index (χ2n) is 7.72. The van der Waals surface area contributed by atoms with Crippen LogP contribution in [0.15, 0.2) is 24.3 Å². The molecule has 9 heteroatoms. The SMILES string of the molecule is CC(C)C1(C(=O)O)C(C)NC(C#N)C(C)(C(=O)O)C1c1cccc([N+](=O)[O-])c1. The molecule has 1 aliphatic rings. The molecule has 28 heavy (non-hydrogen) atoms. The maximum Gasteiger partial charge on any atom is 0.312 e. The third kappa shape index (κ3) is 2.81. The van der Waals surface area contributed by atoms with Crippen LogP contribution in [0.1, 0.15) is 39.2 Å². The van der Waals surface area contributed by atoms with E-state index in [0.29, 0.717) is 0 Å². The molecule has 1 aromatic rings. The first kappa shape index (κ1) is 21.3. The topological polar surface area (TPSA) is 154 Å². The molecule has 150 valence electrons. The average Bonchev–Trinajstić information content (AvgIpc) is 2.61. The molecule has 1 heterocycles. The van der Waals surface area contributed by atoms with Gasteiger partial charge in [-0.15, -0.1) is 0 Å². The highest BCUT2D eigenvalue weighted by molar-refractivity contribution is 5.84. The van der Waals surface area contributed by atoms with Crippen molar-refractivity contribution in [1.82, 2.24) is 5.32 Å². The summed E-state index contributed by atoms with van der Waals surface area (Å²) in [6.07, 6.45) is 0. The van der Waals surface area contributed by atoms with Gasteiger partial charge in [0.25, 0.3) is 5.69 Å². The van der Waals surface area contributed by atoms with Crippen LogP contribution in [0.3, 0.4) is 0 Å². The number of piperidine rings is 1. The van der Waals surface area contributed by atoms with E-state index in [2.05, 4.69) is 5.32 Å². The molecule has 1 saturated heterocycles. The van der Waals surface area contributed by atoms with E-state index in [-0.39, 0.29) is 11.3 Å². The van der Waals surface area contributed by atoms with Crippen LogP contribution in [0.4, 0.5) is 5.69 Å². The number of carboxylic acids is 2. The van der Waals surface area contributed by atoms with Gasteiger partial charge >= 0.3 is 11.9 Å². The molecule has 9 nitrogen and oxygen atoms in total. The Labute approximate surface area is 162 Å². The van der Waals surface area contributed by atoms with E-state index in [4.69, 9.17) is 0 Å². The van der Waals surface area contributed by atoms with E-state index in [9.17, 15) is 35.2 Å². The number of aliphatic carboxylic acids is 2. The number of nitrogens with zero attached hydrogens (tertiary/aromatic N) is 2. The summed E-state index contributed by atoms with van der Waals surface area (Å²) in [6, 6.07) is 5.35. The summed E-state index contributed by atoms with van der Waals surface area (Å²) in [5.74, 6) is -4.28. The molecule has 1 aliphatic heterocycles. The molecule has 1 fully saturated rings. The molecule has 5 unspecified atom stereocenters. The second-order valence-corrected chi connectivity index (χ2v) is 7.72. The maximum absolute atomic E-state index is 12.6. The molecule has 3 N–H and O–H groups in total. The minimum Gasteiger partial charge on any atom is -0.481 e. The number of hydrogen-bond acceptors (Lipinski definition) is 6. The van der Waals surface area contributed by atoms with Gasteiger partial charge in [-0.3, -0.25) is 25.0 Å². The number of rotatable bonds is 5. The molecular weight excluding hydrogens is 366 g/mol. The quantitative estimate of drug-likeness (QED) is 0.512. The van der Waals surface area contributed by atoms with Gasteiger partial charge in [0.2, 0.25) is 0 Å². The van der Waals surface area contributed by atoms with Crippen molar-refractivity contribution in [3.8, 4) is 6.07 Å². The van der Waals surface area contributed by atoms with Crippen molar-refractivity contribution in [2.24, 2.45) is 16.7 Å². The Hall–Kier alpha value is -2.99. The first-order chi connectivity index (χ1) is 12.9. The Morgan fingerprint density at radius 2 is 1.93 bits per heavy atom. The van der Waals surface area contributed by atoms with Gasteiger partial charge in [0.15, 0.2) is 0 Å². The summed E-state index contributed by atoms with van der Waals surface area (Å²) >= 11 is 0. The monoisotopic (exact) mass is 389 g/mol. The third-order valence-electron chi connectivity index (χ3n) is 6.14. The van der Waals surface area contributed by atoms with Crippen molar-refractivity contribution >= 4 is 17.6 Å². The molecule has 0 aliphatic carbocycles. The first-order valence-electron chi connectivity index (χ1n) is 8.82. The van der Waals surface area contributed by atoms with Gasteiger partial charge in [-0.25, -0.2) is 0 Å². The lowest BCUT2D eigenvalue weighted by molar-refractivity contribution is -0.385. The van der Waals surface area contributed by atoms with Crippen LogP contribution in [0.5, 0.6) is 0 Å². The van der Waals surface area contributed by atoms with E-state index in [1.807, 2.05) is 6.07 Å². The zero-order chi connectivity index (χ0) is 21.4. The van der Waals surface area contributed by atoms with E-state index in [1.54, 1.807) is 20.8 Å². The van der Waals surface area contributed by atoms with Crippen molar-refractivity contribution in [2.75, 3.05) is 0 Å². The molecule has 0 aromatic heterocycles. The Kier molecular flexibility index (Phi) is 5.48. The summed E-state index contributed by atoms with van der Waals surface area (Å²) in [6.45, 7) is 6.27. The van der Waals surface area contributed by atoms with Crippen LogP contribution < -0.4 is 5.32 Å². The van der Waals surface area contributed by atoms with Gasteiger partial charge in [-0.05, 0) is 25.3 Å². The van der Waals surface area contributed by atoms with Crippen molar-refractivity contribution in [3.63, 3.8) is 0 Å². The number of nitrogens with one attached hydrogen (secondary N) is 1. The molecule has 0 bridgehead atoms. The minimum absolute atomic E-state index is 0.212. The standard InChI is InChI=1S/C19H23N3O6/c1-10(2)19(17(25)26)11(3)21-14(9-20)18(4,16(23)24)15(19)12-6-5-7-13(8-12)22(27)28/h5-8,10-11,14-15,21H,1-4H3,(H,23,24)(H,25,26). The highest BCUT2D eigenvalue weighted by Gasteiger charge is 2.67. The molecule has 1 aromatic carbocycles. The second kappa shape index (κ2) is 7.20. The van der Waals surface area contributed by atoms with Gasteiger partial charge in [0.05, 0.1) is 16.4 Å². The number of benzene rings is 1. The number of carboxylic acid groups (broad SMARTS) is 2. The molecular formula is C19H23N3O6. The lowest BCUT2D eigenvalue weighted by Crippen LogP contribution is -2.70. The average molecular weight is 389 g/mol. The van der Waals surface area contributed by atoms with Crippen molar-refractivity contribution in [2.45, 2.75) is 45.7 Å². The molecule has 0 spiro atoms. The van der Waals surface area contributed by atoms with E-state index >= 15 is 0 Å².